The summed E-state index contributed by atoms with van der Waals surface area (Å²) in [6.07, 6.45) is 3.35. The highest BCUT2D eigenvalue weighted by atomic mass is 16.3. The molecular formula is C41H29N4O+. The van der Waals surface area contributed by atoms with Gasteiger partial charge in [0, 0.05) is 22.5 Å². The number of nitrogens with zero attached hydrogens (tertiary/aromatic N) is 4. The lowest BCUT2D eigenvalue weighted by Crippen LogP contribution is -2.30. The smallest absolute Gasteiger partial charge is 0.298 e. The van der Waals surface area contributed by atoms with Gasteiger partial charge in [-0.05, 0) is 70.8 Å². The first-order chi connectivity index (χ1) is 22.7. The van der Waals surface area contributed by atoms with E-state index in [0.717, 1.165) is 78.0 Å². The minimum atomic E-state index is 0.904. The summed E-state index contributed by atoms with van der Waals surface area (Å²) in [4.78, 5) is 8.42. The Morgan fingerprint density at radius 2 is 1.41 bits per heavy atom. The Hall–Kier alpha value is -6.07. The van der Waals surface area contributed by atoms with E-state index in [9.17, 15) is 0 Å². The summed E-state index contributed by atoms with van der Waals surface area (Å²) in [6, 6.07) is 45.1. The summed E-state index contributed by atoms with van der Waals surface area (Å²) >= 11 is 0. The number of hydrogen-bond acceptors (Lipinski definition) is 3. The van der Waals surface area contributed by atoms with Crippen molar-refractivity contribution in [1.29, 1.82) is 0 Å². The zero-order valence-electron chi connectivity index (χ0n) is 25.5. The van der Waals surface area contributed by atoms with Crippen LogP contribution in [0, 0.1) is 6.92 Å². The molecule has 218 valence electrons. The van der Waals surface area contributed by atoms with E-state index in [1.807, 2.05) is 6.07 Å². The van der Waals surface area contributed by atoms with Crippen LogP contribution >= 0.6 is 0 Å². The van der Waals surface area contributed by atoms with E-state index in [1.165, 1.54) is 10.8 Å². The van der Waals surface area contributed by atoms with Crippen molar-refractivity contribution in [3.05, 3.63) is 145 Å². The molecule has 3 heterocycles. The van der Waals surface area contributed by atoms with Gasteiger partial charge in [0.05, 0.1) is 12.7 Å². The molecule has 0 aliphatic carbocycles. The number of benzene rings is 6. The van der Waals surface area contributed by atoms with Crippen molar-refractivity contribution in [2.75, 3.05) is 0 Å². The van der Waals surface area contributed by atoms with Crippen molar-refractivity contribution in [3.8, 4) is 39.5 Å². The van der Waals surface area contributed by atoms with Crippen LogP contribution in [0.15, 0.2) is 144 Å². The Kier molecular flexibility index (Phi) is 5.87. The molecule has 0 saturated carbocycles. The Bertz CT molecular complexity index is 2580. The van der Waals surface area contributed by atoms with Crippen molar-refractivity contribution in [2.45, 2.75) is 6.92 Å². The molecule has 6 aromatic carbocycles. The number of furan rings is 1. The zero-order valence-corrected chi connectivity index (χ0v) is 25.5. The van der Waals surface area contributed by atoms with Gasteiger partial charge in [-0.2, -0.15) is 4.57 Å². The minimum Gasteiger partial charge on any atom is -0.455 e. The van der Waals surface area contributed by atoms with E-state index >= 15 is 0 Å². The third-order valence-electron chi connectivity index (χ3n) is 9.20. The predicted octanol–water partition coefficient (Wildman–Crippen LogP) is 9.61. The van der Waals surface area contributed by atoms with E-state index in [0.29, 0.717) is 0 Å². The molecule has 0 aliphatic rings. The summed E-state index contributed by atoms with van der Waals surface area (Å²) in [5.74, 6) is 1.08. The molecule has 0 amide bonds. The normalized spacial score (nSPS) is 11.7. The monoisotopic (exact) mass is 593 g/mol. The first kappa shape index (κ1) is 26.3. The van der Waals surface area contributed by atoms with Crippen LogP contribution in [0.5, 0.6) is 0 Å². The van der Waals surface area contributed by atoms with Crippen LogP contribution in [-0.4, -0.2) is 14.5 Å². The largest absolute Gasteiger partial charge is 0.455 e. The maximum absolute atomic E-state index is 6.75. The second-order valence-electron chi connectivity index (χ2n) is 11.8. The first-order valence-corrected chi connectivity index (χ1v) is 15.5. The fourth-order valence-corrected chi connectivity index (χ4v) is 6.94. The Labute approximate surface area is 265 Å². The molecular weight excluding hydrogens is 564 g/mol. The molecule has 5 nitrogen and oxygen atoms in total. The number of imidazole rings is 1. The van der Waals surface area contributed by atoms with Crippen LogP contribution in [0.1, 0.15) is 5.56 Å². The van der Waals surface area contributed by atoms with Crippen LogP contribution in [0.3, 0.4) is 0 Å². The molecule has 0 saturated heterocycles. The number of rotatable bonds is 4. The molecule has 5 heteroatoms. The van der Waals surface area contributed by atoms with E-state index < -0.39 is 0 Å². The number of hydrogen-bond donors (Lipinski definition) is 0. The molecule has 0 N–H and O–H groups in total. The fourth-order valence-electron chi connectivity index (χ4n) is 6.94. The molecule has 0 unspecified atom stereocenters. The van der Waals surface area contributed by atoms with Gasteiger partial charge in [0.2, 0.25) is 0 Å². The molecule has 46 heavy (non-hydrogen) atoms. The molecule has 0 atom stereocenters. The second kappa shape index (κ2) is 10.2. The third kappa shape index (κ3) is 3.99. The summed E-state index contributed by atoms with van der Waals surface area (Å²) in [5.41, 5.74) is 11.8. The van der Waals surface area contributed by atoms with E-state index in [-0.39, 0.29) is 0 Å². The van der Waals surface area contributed by atoms with Gasteiger partial charge in [-0.15, -0.1) is 0 Å². The number of aromatic nitrogens is 4. The highest BCUT2D eigenvalue weighted by molar-refractivity contribution is 6.20. The van der Waals surface area contributed by atoms with Crippen molar-refractivity contribution in [3.63, 3.8) is 0 Å². The zero-order chi connectivity index (χ0) is 30.8. The lowest BCUT2D eigenvalue weighted by Gasteiger charge is -2.09. The topological polar surface area (TPSA) is 47.7 Å². The molecule has 9 rings (SSSR count). The van der Waals surface area contributed by atoms with Gasteiger partial charge in [0.1, 0.15) is 23.2 Å². The molecule has 0 fully saturated rings. The van der Waals surface area contributed by atoms with Gasteiger partial charge in [-0.1, -0.05) is 91.0 Å². The van der Waals surface area contributed by atoms with Crippen LogP contribution in [0.4, 0.5) is 0 Å². The average molecular weight is 594 g/mol. The summed E-state index contributed by atoms with van der Waals surface area (Å²) in [7, 11) is 2.15. The van der Waals surface area contributed by atoms with Gasteiger partial charge in [-0.25, -0.2) is 14.5 Å². The first-order valence-electron chi connectivity index (χ1n) is 15.5. The summed E-state index contributed by atoms with van der Waals surface area (Å²) < 4.78 is 11.4. The van der Waals surface area contributed by atoms with Gasteiger partial charge < -0.3 is 4.42 Å². The Morgan fingerprint density at radius 1 is 0.674 bits per heavy atom. The van der Waals surface area contributed by atoms with Gasteiger partial charge in [0.15, 0.2) is 16.6 Å². The van der Waals surface area contributed by atoms with Gasteiger partial charge in [0.25, 0.3) is 5.82 Å². The summed E-state index contributed by atoms with van der Waals surface area (Å²) in [5, 5.41) is 4.71. The van der Waals surface area contributed by atoms with Gasteiger partial charge in [-0.3, -0.25) is 0 Å². The van der Waals surface area contributed by atoms with E-state index in [4.69, 9.17) is 4.42 Å². The number of fused-ring (bicyclic) bond motifs is 6. The Morgan fingerprint density at radius 3 is 2.22 bits per heavy atom. The van der Waals surface area contributed by atoms with Crippen LogP contribution in [0.2, 0.25) is 0 Å². The number of para-hydroxylation sites is 2. The SMILES string of the molecule is Cc1ccc2c(oc3ccc4ccccc4c32)c1-c1n(-c2ccc(-c3ccc(-c4ccncn4)cc3)cc2)c2ccccc2[n+]1C. The molecule has 0 aliphatic heterocycles. The van der Waals surface area contributed by atoms with Gasteiger partial charge >= 0.3 is 0 Å². The van der Waals surface area contributed by atoms with Crippen LogP contribution in [0.25, 0.3) is 83.2 Å². The van der Waals surface area contributed by atoms with Crippen LogP contribution in [-0.2, 0) is 7.05 Å². The van der Waals surface area contributed by atoms with E-state index in [2.05, 4.69) is 154 Å². The average Bonchev–Trinajstić information content (AvgIpc) is 3.64. The van der Waals surface area contributed by atoms with Crippen molar-refractivity contribution >= 4 is 43.7 Å². The van der Waals surface area contributed by atoms with Crippen molar-refractivity contribution in [1.82, 2.24) is 14.5 Å². The molecule has 9 aromatic rings. The fraction of sp³-hybridized carbons (Fsp3) is 0.0488. The molecule has 0 bridgehead atoms. The van der Waals surface area contributed by atoms with Crippen molar-refractivity contribution < 1.29 is 8.98 Å². The standard InChI is InChI=1S/C41H29N4O/c1-26-11-21-33-39-32-8-4-3-7-29(32)18-22-37(39)46-40(33)38(26)41-44(2)35-9-5-6-10-36(35)45(41)31-19-16-28(17-20-31)27-12-14-30(15-13-27)34-23-24-42-25-43-34/h3-25H,1-2H3/q+1. The van der Waals surface area contributed by atoms with E-state index in [1.54, 1.807) is 12.5 Å². The van der Waals surface area contributed by atoms with Crippen LogP contribution < -0.4 is 4.57 Å². The molecule has 0 spiro atoms. The highest BCUT2D eigenvalue weighted by Crippen LogP contribution is 2.41. The second-order valence-corrected chi connectivity index (χ2v) is 11.8. The maximum atomic E-state index is 6.75. The maximum Gasteiger partial charge on any atom is 0.298 e. The molecule has 0 radical (unpaired) electrons. The highest BCUT2D eigenvalue weighted by Gasteiger charge is 2.30. The quantitative estimate of drug-likeness (QED) is 0.191. The van der Waals surface area contributed by atoms with Crippen molar-refractivity contribution in [2.24, 2.45) is 7.05 Å². The predicted molar refractivity (Wildman–Crippen MR) is 186 cm³/mol. The summed E-state index contributed by atoms with van der Waals surface area (Å²) in [6.45, 7) is 2.18. The molecule has 3 aromatic heterocycles. The Balaban J connectivity index is 1.23. The lowest BCUT2D eigenvalue weighted by atomic mass is 10.00. The minimum absolute atomic E-state index is 0.904. The third-order valence-corrected chi connectivity index (χ3v) is 9.20. The number of aryl methyl sites for hydroxylation is 2. The lowest BCUT2D eigenvalue weighted by molar-refractivity contribution is -0.633.